The number of hydrogen-bond donors (Lipinski definition) is 1. The molecule has 0 aromatic carbocycles. The Balaban J connectivity index is 1.73. The number of aliphatic hydroxyl groups excluding tert-OH is 1. The van der Waals surface area contributed by atoms with Crippen LogP contribution < -0.4 is 0 Å². The summed E-state index contributed by atoms with van der Waals surface area (Å²) in [6.07, 6.45) is 11.0. The highest BCUT2D eigenvalue weighted by Crippen LogP contribution is 2.42. The van der Waals surface area contributed by atoms with Crippen molar-refractivity contribution >= 4 is 5.91 Å². The van der Waals surface area contributed by atoms with Gasteiger partial charge in [0.15, 0.2) is 0 Å². The number of hydrogen-bond acceptors (Lipinski definition) is 2. The van der Waals surface area contributed by atoms with Crippen LogP contribution in [0.3, 0.4) is 0 Å². The number of aliphatic hydroxyl groups is 1. The zero-order valence-corrected chi connectivity index (χ0v) is 12.8. The van der Waals surface area contributed by atoms with Gasteiger partial charge in [-0.05, 0) is 38.5 Å². The Morgan fingerprint density at radius 3 is 2.45 bits per heavy atom. The molecule has 3 rings (SSSR count). The monoisotopic (exact) mass is 279 g/mol. The number of likely N-dealkylation sites (tertiary alicyclic amines) is 1. The summed E-state index contributed by atoms with van der Waals surface area (Å²) in [5.74, 6) is 0.718. The van der Waals surface area contributed by atoms with E-state index in [4.69, 9.17) is 0 Å². The highest BCUT2D eigenvalue weighted by Gasteiger charge is 2.45. The summed E-state index contributed by atoms with van der Waals surface area (Å²) in [6, 6.07) is 0.315. The quantitative estimate of drug-likeness (QED) is 0.843. The summed E-state index contributed by atoms with van der Waals surface area (Å²) in [5, 5.41) is 10.3. The number of rotatable bonds is 2. The minimum Gasteiger partial charge on any atom is -0.393 e. The minimum absolute atomic E-state index is 0.109. The standard InChI is InChI=1S/C17H29NO2/c1-17(10-4-5-11-17)16(20)18-12-6-8-14(18)13-7-2-3-9-15(13)19/h13-15,19H,2-12H2,1H3. The first-order valence-electron chi connectivity index (χ1n) is 8.61. The Bertz CT molecular complexity index is 362. The average Bonchev–Trinajstić information content (AvgIpc) is 3.08. The molecule has 0 bridgehead atoms. The van der Waals surface area contributed by atoms with Gasteiger partial charge >= 0.3 is 0 Å². The zero-order valence-electron chi connectivity index (χ0n) is 12.8. The number of amides is 1. The SMILES string of the molecule is CC1(C(=O)N2CCCC2C2CCCCC2O)CCCC1. The zero-order chi connectivity index (χ0) is 14.2. The summed E-state index contributed by atoms with van der Waals surface area (Å²) < 4.78 is 0. The Morgan fingerprint density at radius 2 is 1.75 bits per heavy atom. The molecule has 20 heavy (non-hydrogen) atoms. The maximum Gasteiger partial charge on any atom is 0.228 e. The normalized spacial score (nSPS) is 37.3. The lowest BCUT2D eigenvalue weighted by molar-refractivity contribution is -0.144. The van der Waals surface area contributed by atoms with Crippen molar-refractivity contribution in [2.75, 3.05) is 6.54 Å². The Labute approximate surface area is 122 Å². The van der Waals surface area contributed by atoms with E-state index in [1.165, 1.54) is 19.3 Å². The molecule has 2 saturated carbocycles. The van der Waals surface area contributed by atoms with E-state index in [1.807, 2.05) is 0 Å². The van der Waals surface area contributed by atoms with E-state index in [0.717, 1.165) is 51.5 Å². The molecule has 114 valence electrons. The van der Waals surface area contributed by atoms with E-state index in [9.17, 15) is 9.90 Å². The van der Waals surface area contributed by atoms with Crippen LogP contribution in [0.15, 0.2) is 0 Å². The highest BCUT2D eigenvalue weighted by atomic mass is 16.3. The van der Waals surface area contributed by atoms with Crippen LogP contribution in [0.4, 0.5) is 0 Å². The maximum atomic E-state index is 13.0. The molecule has 3 nitrogen and oxygen atoms in total. The van der Waals surface area contributed by atoms with Crippen molar-refractivity contribution in [3.63, 3.8) is 0 Å². The minimum atomic E-state index is -0.182. The Kier molecular flexibility index (Phi) is 4.07. The molecule has 3 fully saturated rings. The topological polar surface area (TPSA) is 40.5 Å². The predicted octanol–water partition coefficient (Wildman–Crippen LogP) is 3.11. The molecule has 3 aliphatic rings. The van der Waals surface area contributed by atoms with E-state index in [0.29, 0.717) is 17.9 Å². The van der Waals surface area contributed by atoms with E-state index < -0.39 is 0 Å². The van der Waals surface area contributed by atoms with Gasteiger partial charge in [0, 0.05) is 23.9 Å². The smallest absolute Gasteiger partial charge is 0.228 e. The van der Waals surface area contributed by atoms with Crippen molar-refractivity contribution in [3.05, 3.63) is 0 Å². The third-order valence-corrected chi connectivity index (χ3v) is 6.06. The maximum absolute atomic E-state index is 13.0. The largest absolute Gasteiger partial charge is 0.393 e. The van der Waals surface area contributed by atoms with Crippen LogP contribution in [0, 0.1) is 11.3 Å². The molecule has 3 unspecified atom stereocenters. The summed E-state index contributed by atoms with van der Waals surface area (Å²) >= 11 is 0. The van der Waals surface area contributed by atoms with E-state index in [-0.39, 0.29) is 11.5 Å². The third-order valence-electron chi connectivity index (χ3n) is 6.06. The molecular formula is C17H29NO2. The second-order valence-corrected chi connectivity index (χ2v) is 7.49. The molecule has 0 aromatic rings. The van der Waals surface area contributed by atoms with E-state index >= 15 is 0 Å². The molecule has 1 amide bonds. The summed E-state index contributed by atoms with van der Waals surface area (Å²) in [5.41, 5.74) is -0.109. The second-order valence-electron chi connectivity index (χ2n) is 7.49. The Morgan fingerprint density at radius 1 is 1.05 bits per heavy atom. The van der Waals surface area contributed by atoms with Gasteiger partial charge in [-0.25, -0.2) is 0 Å². The van der Waals surface area contributed by atoms with Crippen LogP contribution in [0.2, 0.25) is 0 Å². The van der Waals surface area contributed by atoms with Gasteiger partial charge in [0.1, 0.15) is 0 Å². The van der Waals surface area contributed by atoms with Crippen LogP contribution in [0.5, 0.6) is 0 Å². The second kappa shape index (κ2) is 5.67. The van der Waals surface area contributed by atoms with Crippen LogP contribution in [-0.2, 0) is 4.79 Å². The lowest BCUT2D eigenvalue weighted by Gasteiger charge is -2.40. The molecule has 1 aliphatic heterocycles. The van der Waals surface area contributed by atoms with Crippen molar-refractivity contribution < 1.29 is 9.90 Å². The van der Waals surface area contributed by atoms with Crippen molar-refractivity contribution in [2.45, 2.75) is 83.3 Å². The summed E-state index contributed by atoms with van der Waals surface area (Å²) in [7, 11) is 0. The van der Waals surface area contributed by atoms with Gasteiger partial charge in [-0.1, -0.05) is 32.6 Å². The van der Waals surface area contributed by atoms with Crippen molar-refractivity contribution in [1.82, 2.24) is 4.90 Å². The molecule has 3 heteroatoms. The average molecular weight is 279 g/mol. The van der Waals surface area contributed by atoms with Gasteiger partial charge < -0.3 is 10.0 Å². The summed E-state index contributed by atoms with van der Waals surface area (Å²) in [4.78, 5) is 15.1. The number of carbonyl (C=O) groups is 1. The van der Waals surface area contributed by atoms with Crippen molar-refractivity contribution in [3.8, 4) is 0 Å². The van der Waals surface area contributed by atoms with E-state index in [1.54, 1.807) is 0 Å². The van der Waals surface area contributed by atoms with Gasteiger partial charge in [0.05, 0.1) is 6.10 Å². The van der Waals surface area contributed by atoms with E-state index in [2.05, 4.69) is 11.8 Å². The predicted molar refractivity (Wildman–Crippen MR) is 79.3 cm³/mol. The first-order chi connectivity index (χ1) is 9.62. The van der Waals surface area contributed by atoms with Gasteiger partial charge in [0.2, 0.25) is 5.91 Å². The molecule has 0 aromatic heterocycles. The first-order valence-corrected chi connectivity index (χ1v) is 8.61. The van der Waals surface area contributed by atoms with Crippen LogP contribution in [0.25, 0.3) is 0 Å². The molecule has 2 aliphatic carbocycles. The van der Waals surface area contributed by atoms with Crippen molar-refractivity contribution in [2.24, 2.45) is 11.3 Å². The summed E-state index contributed by atoms with van der Waals surface area (Å²) in [6.45, 7) is 3.08. The highest BCUT2D eigenvalue weighted by molar-refractivity contribution is 5.83. The fourth-order valence-electron chi connectivity index (χ4n) is 4.79. The molecule has 0 radical (unpaired) electrons. The number of carbonyl (C=O) groups excluding carboxylic acids is 1. The van der Waals surface area contributed by atoms with Gasteiger partial charge in [-0.15, -0.1) is 0 Å². The molecule has 1 heterocycles. The molecule has 0 spiro atoms. The van der Waals surface area contributed by atoms with Crippen LogP contribution in [-0.4, -0.2) is 34.6 Å². The fourth-order valence-corrected chi connectivity index (χ4v) is 4.79. The van der Waals surface area contributed by atoms with Crippen molar-refractivity contribution in [1.29, 1.82) is 0 Å². The van der Waals surface area contributed by atoms with Gasteiger partial charge in [-0.2, -0.15) is 0 Å². The molecule has 1 saturated heterocycles. The third kappa shape index (κ3) is 2.49. The van der Waals surface area contributed by atoms with Crippen LogP contribution in [0.1, 0.15) is 71.1 Å². The lowest BCUT2D eigenvalue weighted by Crippen LogP contribution is -2.49. The Hall–Kier alpha value is -0.570. The molecule has 1 N–H and O–H groups in total. The molecular weight excluding hydrogens is 250 g/mol. The van der Waals surface area contributed by atoms with Gasteiger partial charge in [0.25, 0.3) is 0 Å². The van der Waals surface area contributed by atoms with Crippen LogP contribution >= 0.6 is 0 Å². The number of nitrogens with zero attached hydrogens (tertiary/aromatic N) is 1. The van der Waals surface area contributed by atoms with Gasteiger partial charge in [-0.3, -0.25) is 4.79 Å². The molecule has 3 atom stereocenters. The first kappa shape index (κ1) is 14.4. The fraction of sp³-hybridized carbons (Fsp3) is 0.941. The lowest BCUT2D eigenvalue weighted by atomic mass is 9.79.